The molecule has 2 aliphatic heterocycles. The van der Waals surface area contributed by atoms with Crippen molar-refractivity contribution in [2.75, 3.05) is 12.1 Å². The second-order valence-corrected chi connectivity index (χ2v) is 5.59. The normalized spacial score (nSPS) is 19.1. The van der Waals surface area contributed by atoms with Crippen LogP contribution in [0.4, 0.5) is 5.69 Å². The lowest BCUT2D eigenvalue weighted by atomic mass is 9.84. The van der Waals surface area contributed by atoms with Crippen molar-refractivity contribution in [3.8, 4) is 11.5 Å². The molecule has 0 spiro atoms. The number of ether oxygens (including phenoxy) is 2. The van der Waals surface area contributed by atoms with Crippen LogP contribution in [-0.2, 0) is 4.79 Å². The summed E-state index contributed by atoms with van der Waals surface area (Å²) >= 11 is 6.08. The minimum Gasteiger partial charge on any atom is -0.454 e. The molecule has 0 aliphatic carbocycles. The van der Waals surface area contributed by atoms with Crippen LogP contribution in [0.1, 0.15) is 23.5 Å². The van der Waals surface area contributed by atoms with Gasteiger partial charge in [0, 0.05) is 29.1 Å². The van der Waals surface area contributed by atoms with Crippen molar-refractivity contribution < 1.29 is 14.3 Å². The van der Waals surface area contributed by atoms with Crippen LogP contribution in [0.15, 0.2) is 36.4 Å². The fraction of sp³-hybridized carbons (Fsp3) is 0.188. The molecular formula is C16H12ClNO3. The maximum absolute atomic E-state index is 12.0. The molecule has 2 aromatic rings. The summed E-state index contributed by atoms with van der Waals surface area (Å²) < 4.78 is 10.8. The highest BCUT2D eigenvalue weighted by molar-refractivity contribution is 6.30. The van der Waals surface area contributed by atoms with Crippen LogP contribution in [0.25, 0.3) is 0 Å². The van der Waals surface area contributed by atoms with Gasteiger partial charge in [-0.1, -0.05) is 23.7 Å². The highest BCUT2D eigenvalue weighted by atomic mass is 35.5. The van der Waals surface area contributed by atoms with Gasteiger partial charge in [-0.15, -0.1) is 0 Å². The quantitative estimate of drug-likeness (QED) is 0.876. The second kappa shape index (κ2) is 4.67. The van der Waals surface area contributed by atoms with Crippen molar-refractivity contribution >= 4 is 23.2 Å². The Bertz CT molecular complexity index is 744. The Balaban J connectivity index is 1.85. The summed E-state index contributed by atoms with van der Waals surface area (Å²) in [5.74, 6) is 1.35. The van der Waals surface area contributed by atoms with Crippen LogP contribution in [0.5, 0.6) is 11.5 Å². The minimum absolute atomic E-state index is 0.00802. The molecule has 1 atom stereocenters. The summed E-state index contributed by atoms with van der Waals surface area (Å²) in [6.07, 6.45) is 0.396. The Morgan fingerprint density at radius 3 is 2.76 bits per heavy atom. The van der Waals surface area contributed by atoms with E-state index in [1.807, 2.05) is 36.4 Å². The van der Waals surface area contributed by atoms with E-state index in [9.17, 15) is 4.79 Å². The number of carbonyl (C=O) groups is 1. The average Bonchev–Trinajstić information content (AvgIpc) is 2.91. The molecule has 0 radical (unpaired) electrons. The predicted molar refractivity (Wildman–Crippen MR) is 79.1 cm³/mol. The Kier molecular flexibility index (Phi) is 2.79. The van der Waals surface area contributed by atoms with Gasteiger partial charge in [0.1, 0.15) is 0 Å². The van der Waals surface area contributed by atoms with Crippen LogP contribution < -0.4 is 14.8 Å². The van der Waals surface area contributed by atoms with E-state index in [-0.39, 0.29) is 18.6 Å². The first-order valence-corrected chi connectivity index (χ1v) is 7.07. The number of carbonyl (C=O) groups excluding carboxylic acids is 1. The number of rotatable bonds is 1. The molecule has 0 saturated carbocycles. The largest absolute Gasteiger partial charge is 0.454 e. The zero-order chi connectivity index (χ0) is 14.4. The Labute approximate surface area is 126 Å². The minimum atomic E-state index is -0.0260. The first-order chi connectivity index (χ1) is 10.2. The zero-order valence-corrected chi connectivity index (χ0v) is 11.8. The van der Waals surface area contributed by atoms with Crippen molar-refractivity contribution in [1.82, 2.24) is 0 Å². The molecule has 5 heteroatoms. The van der Waals surface area contributed by atoms with Gasteiger partial charge < -0.3 is 14.8 Å². The maximum Gasteiger partial charge on any atom is 0.231 e. The van der Waals surface area contributed by atoms with Gasteiger partial charge >= 0.3 is 0 Å². The van der Waals surface area contributed by atoms with Gasteiger partial charge in [-0.3, -0.25) is 4.79 Å². The third-order valence-corrected chi connectivity index (χ3v) is 4.07. The van der Waals surface area contributed by atoms with Crippen LogP contribution in [0.3, 0.4) is 0 Å². The topological polar surface area (TPSA) is 47.6 Å². The molecule has 0 fully saturated rings. The van der Waals surface area contributed by atoms with Crippen molar-refractivity contribution in [3.63, 3.8) is 0 Å². The maximum atomic E-state index is 12.0. The lowest BCUT2D eigenvalue weighted by molar-refractivity contribution is -0.116. The molecule has 0 unspecified atom stereocenters. The van der Waals surface area contributed by atoms with E-state index in [2.05, 4.69) is 5.32 Å². The van der Waals surface area contributed by atoms with E-state index in [0.717, 1.165) is 22.6 Å². The Hall–Kier alpha value is -2.20. The van der Waals surface area contributed by atoms with Crippen LogP contribution in [0.2, 0.25) is 5.02 Å². The van der Waals surface area contributed by atoms with Gasteiger partial charge in [-0.05, 0) is 29.3 Å². The van der Waals surface area contributed by atoms with Crippen LogP contribution >= 0.6 is 11.6 Å². The van der Waals surface area contributed by atoms with Crippen LogP contribution in [-0.4, -0.2) is 12.7 Å². The first-order valence-electron chi connectivity index (χ1n) is 6.69. The van der Waals surface area contributed by atoms with Gasteiger partial charge in [-0.2, -0.15) is 0 Å². The summed E-state index contributed by atoms with van der Waals surface area (Å²) in [6.45, 7) is 0.216. The highest BCUT2D eigenvalue weighted by Gasteiger charge is 2.29. The lowest BCUT2D eigenvalue weighted by Crippen LogP contribution is -2.23. The first kappa shape index (κ1) is 12.5. The third-order valence-electron chi connectivity index (χ3n) is 3.83. The summed E-state index contributed by atoms with van der Waals surface area (Å²) in [7, 11) is 0. The molecule has 4 nitrogen and oxygen atoms in total. The number of fused-ring (bicyclic) bond motifs is 2. The average molecular weight is 302 g/mol. The highest BCUT2D eigenvalue weighted by Crippen LogP contribution is 2.44. The molecule has 0 bridgehead atoms. The summed E-state index contributed by atoms with van der Waals surface area (Å²) in [4.78, 5) is 12.0. The molecule has 4 rings (SSSR count). The molecular weight excluding hydrogens is 290 g/mol. The monoisotopic (exact) mass is 301 g/mol. The summed E-state index contributed by atoms with van der Waals surface area (Å²) in [5, 5.41) is 3.56. The molecule has 21 heavy (non-hydrogen) atoms. The van der Waals surface area contributed by atoms with Gasteiger partial charge in [0.25, 0.3) is 0 Å². The van der Waals surface area contributed by atoms with Crippen molar-refractivity contribution in [2.24, 2.45) is 0 Å². The second-order valence-electron chi connectivity index (χ2n) is 5.15. The SMILES string of the molecule is O=C1C[C@@H](c2cccc(Cl)c2)c2cc3c(cc2N1)OCO3. The van der Waals surface area contributed by atoms with Crippen molar-refractivity contribution in [2.45, 2.75) is 12.3 Å². The molecule has 106 valence electrons. The number of hydrogen-bond acceptors (Lipinski definition) is 3. The fourth-order valence-electron chi connectivity index (χ4n) is 2.87. The zero-order valence-electron chi connectivity index (χ0n) is 11.1. The molecule has 1 N–H and O–H groups in total. The van der Waals surface area contributed by atoms with E-state index < -0.39 is 0 Å². The number of hydrogen-bond donors (Lipinski definition) is 1. The fourth-order valence-corrected chi connectivity index (χ4v) is 3.07. The molecule has 1 amide bonds. The summed E-state index contributed by atoms with van der Waals surface area (Å²) in [6, 6.07) is 11.4. The van der Waals surface area contributed by atoms with E-state index >= 15 is 0 Å². The van der Waals surface area contributed by atoms with Gasteiger partial charge in [0.15, 0.2) is 11.5 Å². The van der Waals surface area contributed by atoms with Gasteiger partial charge in [0.2, 0.25) is 12.7 Å². The summed E-state index contributed by atoms with van der Waals surface area (Å²) in [5.41, 5.74) is 2.83. The molecule has 0 aromatic heterocycles. The van der Waals surface area contributed by atoms with Gasteiger partial charge in [-0.25, -0.2) is 0 Å². The number of benzene rings is 2. The third kappa shape index (κ3) is 2.12. The van der Waals surface area contributed by atoms with Gasteiger partial charge in [0.05, 0.1) is 0 Å². The van der Waals surface area contributed by atoms with E-state index in [0.29, 0.717) is 17.2 Å². The van der Waals surface area contributed by atoms with Crippen LogP contribution in [0, 0.1) is 0 Å². The Morgan fingerprint density at radius 2 is 1.95 bits per heavy atom. The Morgan fingerprint density at radius 1 is 1.14 bits per heavy atom. The lowest BCUT2D eigenvalue weighted by Gasteiger charge is -2.26. The number of nitrogens with one attached hydrogen (secondary N) is 1. The van der Waals surface area contributed by atoms with E-state index in [4.69, 9.17) is 21.1 Å². The number of anilines is 1. The molecule has 0 saturated heterocycles. The molecule has 2 aromatic carbocycles. The predicted octanol–water partition coefficient (Wildman–Crippen LogP) is 3.54. The smallest absolute Gasteiger partial charge is 0.231 e. The van der Waals surface area contributed by atoms with Crippen molar-refractivity contribution in [1.29, 1.82) is 0 Å². The number of halogens is 1. The molecule has 2 heterocycles. The van der Waals surface area contributed by atoms with E-state index in [1.54, 1.807) is 0 Å². The standard InChI is InChI=1S/C16H12ClNO3/c17-10-3-1-2-9(4-10)11-6-16(19)18-13-7-15-14(5-12(11)13)20-8-21-15/h1-5,7,11H,6,8H2,(H,18,19)/t11-/m0/s1. The van der Waals surface area contributed by atoms with E-state index in [1.165, 1.54) is 0 Å². The number of amides is 1. The molecule has 2 aliphatic rings. The van der Waals surface area contributed by atoms with Crippen molar-refractivity contribution in [3.05, 3.63) is 52.5 Å².